The number of rotatable bonds is 3. The van der Waals surface area contributed by atoms with Crippen LogP contribution >= 0.6 is 27.3 Å². The van der Waals surface area contributed by atoms with E-state index in [0.29, 0.717) is 18.7 Å². The van der Waals surface area contributed by atoms with Crippen LogP contribution in [-0.2, 0) is 4.74 Å². The first-order valence-corrected chi connectivity index (χ1v) is 7.99. The van der Waals surface area contributed by atoms with Crippen molar-refractivity contribution < 1.29 is 9.53 Å². The lowest BCUT2D eigenvalue weighted by Crippen LogP contribution is -2.50. The predicted octanol–water partition coefficient (Wildman–Crippen LogP) is 2.95. The van der Waals surface area contributed by atoms with Gasteiger partial charge in [0.15, 0.2) is 5.78 Å². The van der Waals surface area contributed by atoms with Crippen molar-refractivity contribution in [1.82, 2.24) is 4.90 Å². The van der Waals surface area contributed by atoms with Crippen LogP contribution in [0.1, 0.15) is 28.9 Å². The van der Waals surface area contributed by atoms with E-state index < -0.39 is 0 Å². The largest absolute Gasteiger partial charge is 0.375 e. The molecule has 1 aliphatic carbocycles. The molecule has 18 heavy (non-hydrogen) atoms. The molecule has 2 fully saturated rings. The molecule has 0 bridgehead atoms. The second-order valence-corrected chi connectivity index (χ2v) is 7.37. The molecule has 0 radical (unpaired) electrons. The highest BCUT2D eigenvalue weighted by Crippen LogP contribution is 2.30. The number of morpholine rings is 1. The molecule has 98 valence electrons. The Morgan fingerprint density at radius 1 is 1.50 bits per heavy atom. The number of ketones is 1. The molecule has 0 aromatic carbocycles. The van der Waals surface area contributed by atoms with Crippen molar-refractivity contribution in [3.63, 3.8) is 0 Å². The molecule has 1 saturated carbocycles. The highest BCUT2D eigenvalue weighted by atomic mass is 79.9. The average Bonchev–Trinajstić information content (AvgIpc) is 2.97. The van der Waals surface area contributed by atoms with Gasteiger partial charge in [-0.25, -0.2) is 0 Å². The second kappa shape index (κ2) is 5.41. The Morgan fingerprint density at radius 3 is 3.17 bits per heavy atom. The summed E-state index contributed by atoms with van der Waals surface area (Å²) in [6, 6.07) is 4.31. The van der Waals surface area contributed by atoms with Crippen LogP contribution in [0, 0.1) is 0 Å². The van der Waals surface area contributed by atoms with Crippen molar-refractivity contribution in [1.29, 1.82) is 0 Å². The third-order valence-electron chi connectivity index (χ3n) is 3.79. The van der Waals surface area contributed by atoms with E-state index in [0.717, 1.165) is 28.2 Å². The standard InChI is InChI=1S/C13H16BrNO2S/c14-13-5-4-12(18-13)10(16)8-15-6-7-17-11-3-1-2-9(11)15/h4-5,9,11H,1-3,6-8H2. The van der Waals surface area contributed by atoms with Crippen LogP contribution in [0.3, 0.4) is 0 Å². The van der Waals surface area contributed by atoms with Crippen molar-refractivity contribution in [2.24, 2.45) is 0 Å². The third kappa shape index (κ3) is 2.54. The summed E-state index contributed by atoms with van der Waals surface area (Å²) in [6.07, 6.45) is 3.91. The van der Waals surface area contributed by atoms with Gasteiger partial charge in [0.1, 0.15) is 0 Å². The number of Topliss-reactive ketones (excluding diaryl/α,β-unsaturated/α-hetero) is 1. The lowest BCUT2D eigenvalue weighted by atomic mass is 10.1. The van der Waals surface area contributed by atoms with E-state index in [4.69, 9.17) is 4.74 Å². The van der Waals surface area contributed by atoms with Gasteiger partial charge in [0.05, 0.1) is 27.9 Å². The van der Waals surface area contributed by atoms with E-state index in [9.17, 15) is 4.79 Å². The summed E-state index contributed by atoms with van der Waals surface area (Å²) in [7, 11) is 0. The molecular weight excluding hydrogens is 314 g/mol. The first-order chi connectivity index (χ1) is 8.74. The predicted molar refractivity (Wildman–Crippen MR) is 75.3 cm³/mol. The van der Waals surface area contributed by atoms with E-state index in [1.165, 1.54) is 24.2 Å². The molecule has 0 spiro atoms. The minimum absolute atomic E-state index is 0.234. The van der Waals surface area contributed by atoms with Crippen LogP contribution in [0.2, 0.25) is 0 Å². The molecule has 2 atom stereocenters. The van der Waals surface area contributed by atoms with Gasteiger partial charge in [-0.05, 0) is 47.3 Å². The van der Waals surface area contributed by atoms with E-state index in [1.807, 2.05) is 12.1 Å². The van der Waals surface area contributed by atoms with E-state index in [2.05, 4.69) is 20.8 Å². The van der Waals surface area contributed by atoms with Gasteiger partial charge in [0, 0.05) is 12.6 Å². The third-order valence-corrected chi connectivity index (χ3v) is 5.46. The zero-order valence-corrected chi connectivity index (χ0v) is 12.5. The zero-order chi connectivity index (χ0) is 12.5. The number of hydrogen-bond donors (Lipinski definition) is 0. The monoisotopic (exact) mass is 329 g/mol. The van der Waals surface area contributed by atoms with Crippen molar-refractivity contribution in [3.8, 4) is 0 Å². The molecule has 2 unspecified atom stereocenters. The molecule has 2 aliphatic rings. The Bertz CT molecular complexity index is 448. The molecule has 1 aromatic heterocycles. The minimum atomic E-state index is 0.234. The van der Waals surface area contributed by atoms with Crippen molar-refractivity contribution in [3.05, 3.63) is 20.8 Å². The van der Waals surface area contributed by atoms with Gasteiger partial charge in [-0.15, -0.1) is 11.3 Å². The van der Waals surface area contributed by atoms with Crippen LogP contribution in [-0.4, -0.2) is 42.5 Å². The van der Waals surface area contributed by atoms with Crippen LogP contribution in [0.25, 0.3) is 0 Å². The Balaban J connectivity index is 1.66. The Kier molecular flexibility index (Phi) is 3.84. The quantitative estimate of drug-likeness (QED) is 0.798. The highest BCUT2D eigenvalue weighted by molar-refractivity contribution is 9.11. The Morgan fingerprint density at radius 2 is 2.39 bits per heavy atom. The fourth-order valence-corrected chi connectivity index (χ4v) is 4.24. The van der Waals surface area contributed by atoms with Crippen LogP contribution in [0.4, 0.5) is 0 Å². The maximum atomic E-state index is 12.2. The number of nitrogens with zero attached hydrogens (tertiary/aromatic N) is 1. The number of thiophene rings is 1. The number of halogens is 1. The van der Waals surface area contributed by atoms with E-state index >= 15 is 0 Å². The lowest BCUT2D eigenvalue weighted by molar-refractivity contribution is -0.0522. The van der Waals surface area contributed by atoms with Gasteiger partial charge in [-0.2, -0.15) is 0 Å². The number of carbonyl (C=O) groups is 1. The van der Waals surface area contributed by atoms with E-state index in [1.54, 1.807) is 0 Å². The Labute approximate surface area is 119 Å². The van der Waals surface area contributed by atoms with Crippen LogP contribution < -0.4 is 0 Å². The van der Waals surface area contributed by atoms with Crippen molar-refractivity contribution in [2.45, 2.75) is 31.4 Å². The number of hydrogen-bond acceptors (Lipinski definition) is 4. The molecular formula is C13H16BrNO2S. The van der Waals surface area contributed by atoms with Gasteiger partial charge in [0.2, 0.25) is 0 Å². The summed E-state index contributed by atoms with van der Waals surface area (Å²) < 4.78 is 6.79. The minimum Gasteiger partial charge on any atom is -0.375 e. The first kappa shape index (κ1) is 12.8. The molecule has 3 rings (SSSR count). The smallest absolute Gasteiger partial charge is 0.186 e. The van der Waals surface area contributed by atoms with Gasteiger partial charge in [-0.3, -0.25) is 9.69 Å². The summed E-state index contributed by atoms with van der Waals surface area (Å²) in [6.45, 7) is 2.19. The van der Waals surface area contributed by atoms with Crippen molar-refractivity contribution in [2.75, 3.05) is 19.7 Å². The maximum absolute atomic E-state index is 12.2. The topological polar surface area (TPSA) is 29.5 Å². The Hall–Kier alpha value is -0.230. The molecule has 1 aromatic rings. The summed E-state index contributed by atoms with van der Waals surface area (Å²) in [4.78, 5) is 15.4. The van der Waals surface area contributed by atoms with Crippen LogP contribution in [0.5, 0.6) is 0 Å². The summed E-state index contributed by atoms with van der Waals surface area (Å²) >= 11 is 4.92. The summed E-state index contributed by atoms with van der Waals surface area (Å²) in [5, 5.41) is 0. The summed E-state index contributed by atoms with van der Waals surface area (Å²) in [5.74, 6) is 0.234. The molecule has 0 amide bonds. The molecule has 0 N–H and O–H groups in total. The lowest BCUT2D eigenvalue weighted by Gasteiger charge is -2.37. The molecule has 3 nitrogen and oxygen atoms in total. The molecule has 2 heterocycles. The maximum Gasteiger partial charge on any atom is 0.186 e. The summed E-state index contributed by atoms with van der Waals surface area (Å²) in [5.41, 5.74) is 0. The molecule has 1 aliphatic heterocycles. The number of fused-ring (bicyclic) bond motifs is 1. The van der Waals surface area contributed by atoms with Gasteiger partial charge >= 0.3 is 0 Å². The SMILES string of the molecule is O=C(CN1CCOC2CCCC21)c1ccc(Br)s1. The van der Waals surface area contributed by atoms with E-state index in [-0.39, 0.29) is 5.78 Å². The molecule has 1 saturated heterocycles. The second-order valence-electron chi connectivity index (χ2n) is 4.90. The average molecular weight is 330 g/mol. The van der Waals surface area contributed by atoms with Gasteiger partial charge in [-0.1, -0.05) is 0 Å². The number of ether oxygens (including phenoxy) is 1. The van der Waals surface area contributed by atoms with Gasteiger partial charge in [0.25, 0.3) is 0 Å². The normalized spacial score (nSPS) is 28.3. The van der Waals surface area contributed by atoms with Gasteiger partial charge < -0.3 is 4.74 Å². The zero-order valence-electron chi connectivity index (χ0n) is 10.1. The van der Waals surface area contributed by atoms with Crippen molar-refractivity contribution >= 4 is 33.0 Å². The first-order valence-electron chi connectivity index (χ1n) is 6.38. The fourth-order valence-electron chi connectivity index (χ4n) is 2.93. The fraction of sp³-hybridized carbons (Fsp3) is 0.615. The number of carbonyl (C=O) groups excluding carboxylic acids is 1. The highest BCUT2D eigenvalue weighted by Gasteiger charge is 2.36. The molecule has 5 heteroatoms. The van der Waals surface area contributed by atoms with Crippen LogP contribution in [0.15, 0.2) is 15.9 Å².